The zero-order valence-corrected chi connectivity index (χ0v) is 16.8. The van der Waals surface area contributed by atoms with Gasteiger partial charge in [-0.3, -0.25) is 9.59 Å². The van der Waals surface area contributed by atoms with Crippen LogP contribution in [0.25, 0.3) is 10.8 Å². The van der Waals surface area contributed by atoms with Gasteiger partial charge in [0, 0.05) is 0 Å². The Morgan fingerprint density at radius 3 is 2.36 bits per heavy atom. The quantitative estimate of drug-likeness (QED) is 0.613. The largest absolute Gasteiger partial charge is 0.375 e. The molecule has 3 atom stereocenters. The van der Waals surface area contributed by atoms with Crippen molar-refractivity contribution in [2.24, 2.45) is 5.41 Å². The van der Waals surface area contributed by atoms with Crippen LogP contribution >= 0.6 is 0 Å². The number of benzene rings is 1. The van der Waals surface area contributed by atoms with Crippen molar-refractivity contribution < 1.29 is 5.11 Å². The van der Waals surface area contributed by atoms with Crippen molar-refractivity contribution in [1.29, 1.82) is 0 Å². The van der Waals surface area contributed by atoms with Gasteiger partial charge in [0.1, 0.15) is 11.6 Å². The van der Waals surface area contributed by atoms with Crippen LogP contribution in [0.4, 0.5) is 0 Å². The van der Waals surface area contributed by atoms with E-state index in [-0.39, 0.29) is 16.5 Å². The van der Waals surface area contributed by atoms with Gasteiger partial charge in [0.2, 0.25) is 0 Å². The van der Waals surface area contributed by atoms with E-state index >= 15 is 0 Å². The number of hydrogen-bond acceptors (Lipinski definition) is 3. The molecule has 5 nitrogen and oxygen atoms in total. The van der Waals surface area contributed by atoms with Gasteiger partial charge in [0.15, 0.2) is 0 Å². The second-order valence-corrected chi connectivity index (χ2v) is 9.14. The lowest BCUT2D eigenvalue weighted by Crippen LogP contribution is -2.59. The second-order valence-electron chi connectivity index (χ2n) is 9.14. The van der Waals surface area contributed by atoms with E-state index in [9.17, 15) is 14.7 Å². The Kier molecular flexibility index (Phi) is 3.83. The van der Waals surface area contributed by atoms with E-state index in [0.29, 0.717) is 10.8 Å². The first-order valence-corrected chi connectivity index (χ1v) is 9.74. The van der Waals surface area contributed by atoms with E-state index in [1.807, 2.05) is 13.0 Å². The van der Waals surface area contributed by atoms with Crippen LogP contribution < -0.4 is 11.1 Å². The van der Waals surface area contributed by atoms with Gasteiger partial charge in [-0.2, -0.15) is 0 Å². The lowest BCUT2D eigenvalue weighted by Gasteiger charge is -2.52. The molecule has 1 saturated carbocycles. The fraction of sp³-hybridized carbons (Fsp3) is 0.478. The fourth-order valence-corrected chi connectivity index (χ4v) is 5.21. The van der Waals surface area contributed by atoms with Crippen LogP contribution in [-0.4, -0.2) is 20.1 Å². The average Bonchev–Trinajstić information content (AvgIpc) is 2.64. The van der Waals surface area contributed by atoms with Crippen LogP contribution in [-0.2, 0) is 5.54 Å². The first-order valence-electron chi connectivity index (χ1n) is 9.74. The molecule has 1 aliphatic carbocycles. The molecule has 0 radical (unpaired) electrons. The Morgan fingerprint density at radius 1 is 1.14 bits per heavy atom. The standard InChI is InChI=1S/C23H26N2O3/c1-6-23(5,28)18-14-17-21(2,3)12-9-13-22(17,4)25-20(27)16-11-8-7-10-15(16)19(26)24(18)25/h1,7-8,10-11,14,18,28H,9,12-13H2,2-5H3/t18-,22-,23-/m1/s1. The van der Waals surface area contributed by atoms with Gasteiger partial charge in [-0.1, -0.05) is 38.0 Å². The molecule has 0 amide bonds. The third kappa shape index (κ3) is 2.31. The summed E-state index contributed by atoms with van der Waals surface area (Å²) >= 11 is 0. The highest BCUT2D eigenvalue weighted by atomic mass is 16.3. The molecule has 0 bridgehead atoms. The lowest BCUT2D eigenvalue weighted by atomic mass is 9.63. The normalized spacial score (nSPS) is 27.9. The number of aliphatic hydroxyl groups is 1. The highest BCUT2D eigenvalue weighted by Crippen LogP contribution is 2.52. The van der Waals surface area contributed by atoms with Crippen LogP contribution in [0, 0.1) is 17.8 Å². The highest BCUT2D eigenvalue weighted by molar-refractivity contribution is 5.80. The third-order valence-electron chi connectivity index (χ3n) is 6.70. The Morgan fingerprint density at radius 2 is 1.75 bits per heavy atom. The number of allylic oxidation sites excluding steroid dienone is 1. The summed E-state index contributed by atoms with van der Waals surface area (Å²) in [5.74, 6) is 2.42. The maximum atomic E-state index is 13.6. The highest BCUT2D eigenvalue weighted by Gasteiger charge is 2.50. The second kappa shape index (κ2) is 5.71. The van der Waals surface area contributed by atoms with E-state index in [0.717, 1.165) is 24.8 Å². The van der Waals surface area contributed by atoms with Gasteiger partial charge in [-0.05, 0) is 56.2 Å². The van der Waals surface area contributed by atoms with Gasteiger partial charge in [0.05, 0.1) is 16.3 Å². The molecule has 2 aromatic rings. The van der Waals surface area contributed by atoms with E-state index < -0.39 is 17.2 Å². The summed E-state index contributed by atoms with van der Waals surface area (Å²) in [4.78, 5) is 27.1. The molecule has 5 heteroatoms. The van der Waals surface area contributed by atoms with Gasteiger partial charge >= 0.3 is 0 Å². The predicted octanol–water partition coefficient (Wildman–Crippen LogP) is 2.95. The van der Waals surface area contributed by atoms with E-state index in [1.54, 1.807) is 28.9 Å². The summed E-state index contributed by atoms with van der Waals surface area (Å²) in [6.45, 7) is 7.84. The summed E-state index contributed by atoms with van der Waals surface area (Å²) < 4.78 is 2.97. The zero-order chi connectivity index (χ0) is 20.5. The molecule has 1 aliphatic heterocycles. The zero-order valence-electron chi connectivity index (χ0n) is 16.8. The van der Waals surface area contributed by atoms with E-state index in [4.69, 9.17) is 6.42 Å². The fourth-order valence-electron chi connectivity index (χ4n) is 5.21. The molecular weight excluding hydrogens is 352 g/mol. The Balaban J connectivity index is 2.22. The molecule has 1 aromatic heterocycles. The van der Waals surface area contributed by atoms with Gasteiger partial charge in [-0.15, -0.1) is 6.42 Å². The molecule has 146 valence electrons. The van der Waals surface area contributed by atoms with E-state index in [2.05, 4.69) is 19.8 Å². The van der Waals surface area contributed by atoms with Crippen molar-refractivity contribution in [3.63, 3.8) is 0 Å². The topological polar surface area (TPSA) is 64.2 Å². The molecule has 0 spiro atoms. The van der Waals surface area contributed by atoms with Crippen LogP contribution in [0.15, 0.2) is 45.5 Å². The van der Waals surface area contributed by atoms with Crippen molar-refractivity contribution in [3.05, 3.63) is 56.6 Å². The van der Waals surface area contributed by atoms with Crippen LogP contribution in [0.5, 0.6) is 0 Å². The number of aromatic nitrogens is 2. The lowest BCUT2D eigenvalue weighted by molar-refractivity contribution is 0.0392. The molecule has 1 N–H and O–H groups in total. The molecule has 1 fully saturated rings. The van der Waals surface area contributed by atoms with Crippen molar-refractivity contribution in [2.75, 3.05) is 0 Å². The molecule has 28 heavy (non-hydrogen) atoms. The number of hydrogen-bond donors (Lipinski definition) is 1. The summed E-state index contributed by atoms with van der Waals surface area (Å²) in [7, 11) is 0. The Hall–Kier alpha value is -2.58. The maximum Gasteiger partial charge on any atom is 0.274 e. The molecule has 1 aromatic carbocycles. The van der Waals surface area contributed by atoms with Crippen LogP contribution in [0.3, 0.4) is 0 Å². The van der Waals surface area contributed by atoms with Crippen molar-refractivity contribution in [3.8, 4) is 12.3 Å². The minimum absolute atomic E-state index is 0.164. The minimum atomic E-state index is -1.61. The predicted molar refractivity (Wildman–Crippen MR) is 110 cm³/mol. The van der Waals surface area contributed by atoms with Crippen LogP contribution in [0.1, 0.15) is 53.0 Å². The van der Waals surface area contributed by atoms with Gasteiger partial charge in [0.25, 0.3) is 11.1 Å². The maximum absolute atomic E-state index is 13.6. The molecule has 0 saturated heterocycles. The summed E-state index contributed by atoms with van der Waals surface area (Å²) in [6, 6.07) is 6.04. The molecule has 2 aliphatic rings. The van der Waals surface area contributed by atoms with Crippen LogP contribution in [0.2, 0.25) is 0 Å². The number of rotatable bonds is 1. The number of nitrogens with zero attached hydrogens (tertiary/aromatic N) is 2. The number of terminal acetylenes is 1. The molecular formula is C23H26N2O3. The van der Waals surface area contributed by atoms with E-state index in [1.165, 1.54) is 11.6 Å². The monoisotopic (exact) mass is 378 g/mol. The van der Waals surface area contributed by atoms with Crippen molar-refractivity contribution in [1.82, 2.24) is 9.36 Å². The van der Waals surface area contributed by atoms with Crippen molar-refractivity contribution in [2.45, 2.75) is 64.1 Å². The average molecular weight is 378 g/mol. The van der Waals surface area contributed by atoms with Gasteiger partial charge in [-0.25, -0.2) is 9.36 Å². The minimum Gasteiger partial charge on any atom is -0.375 e. The Labute approximate surface area is 164 Å². The molecule has 4 rings (SSSR count). The smallest absolute Gasteiger partial charge is 0.274 e. The first kappa shape index (κ1) is 18.8. The summed E-state index contributed by atoms with van der Waals surface area (Å²) in [5.41, 5.74) is -1.88. The summed E-state index contributed by atoms with van der Waals surface area (Å²) in [5, 5.41) is 11.7. The number of fused-ring (bicyclic) bond motifs is 4. The van der Waals surface area contributed by atoms with Gasteiger partial charge < -0.3 is 5.11 Å². The summed E-state index contributed by atoms with van der Waals surface area (Å²) in [6.07, 6.45) is 10.3. The van der Waals surface area contributed by atoms with Crippen molar-refractivity contribution >= 4 is 10.8 Å². The Bertz CT molecular complexity index is 1170. The molecule has 0 unspecified atom stereocenters. The first-order chi connectivity index (χ1) is 13.0. The SMILES string of the molecule is C#C[C@@](C)(O)[C@H]1C=C2C(C)(C)CCC[C@@]2(C)n2c(=O)c3ccccc3c(=O)n21. The third-order valence-corrected chi connectivity index (χ3v) is 6.70. The molecule has 2 heterocycles.